The van der Waals surface area contributed by atoms with Crippen LogP contribution in [0.5, 0.6) is 0 Å². The zero-order valence-corrected chi connectivity index (χ0v) is 12.4. The van der Waals surface area contributed by atoms with Crippen molar-refractivity contribution in [2.45, 2.75) is 26.9 Å². The van der Waals surface area contributed by atoms with E-state index in [1.165, 1.54) is 4.88 Å². The lowest BCUT2D eigenvalue weighted by atomic mass is 10.3. The van der Waals surface area contributed by atoms with Gasteiger partial charge in [0.2, 0.25) is 0 Å². The Bertz CT molecular complexity index is 564. The van der Waals surface area contributed by atoms with Crippen LogP contribution in [-0.2, 0) is 17.9 Å². The molecule has 5 nitrogen and oxygen atoms in total. The Hall–Kier alpha value is -1.79. The summed E-state index contributed by atoms with van der Waals surface area (Å²) in [5.41, 5.74) is 1.87. The molecule has 0 aliphatic carbocycles. The molecule has 0 saturated carbocycles. The molecular weight excluding hydrogens is 274 g/mol. The van der Waals surface area contributed by atoms with E-state index in [-0.39, 0.29) is 6.54 Å². The third kappa shape index (κ3) is 4.11. The summed E-state index contributed by atoms with van der Waals surface area (Å²) in [6.07, 6.45) is 1.71. The quantitative estimate of drug-likeness (QED) is 0.884. The molecule has 0 aromatic carbocycles. The highest BCUT2D eigenvalue weighted by molar-refractivity contribution is 7.11. The Labute approximate surface area is 121 Å². The predicted molar refractivity (Wildman–Crippen MR) is 77.6 cm³/mol. The topological polar surface area (TPSA) is 66.3 Å². The van der Waals surface area contributed by atoms with E-state index in [0.717, 1.165) is 16.4 Å². The molecule has 0 aliphatic rings. The smallest absolute Gasteiger partial charge is 0.317 e. The molecule has 0 radical (unpaired) electrons. The SMILES string of the molecule is Cc1nc(CN(CC(=O)O)Cc2ccccn2)sc1C. The molecule has 0 saturated heterocycles. The third-order valence-corrected chi connectivity index (χ3v) is 3.96. The average molecular weight is 291 g/mol. The van der Waals surface area contributed by atoms with Crippen molar-refractivity contribution in [3.63, 3.8) is 0 Å². The van der Waals surface area contributed by atoms with Crippen LogP contribution in [0.1, 0.15) is 21.3 Å². The molecule has 106 valence electrons. The molecular formula is C14H17N3O2S. The maximum atomic E-state index is 11.0. The van der Waals surface area contributed by atoms with Crippen molar-refractivity contribution >= 4 is 17.3 Å². The second-order valence-corrected chi connectivity index (χ2v) is 5.90. The van der Waals surface area contributed by atoms with Gasteiger partial charge >= 0.3 is 5.97 Å². The van der Waals surface area contributed by atoms with Gasteiger partial charge < -0.3 is 5.11 Å². The Morgan fingerprint density at radius 2 is 2.15 bits per heavy atom. The molecule has 6 heteroatoms. The summed E-state index contributed by atoms with van der Waals surface area (Å²) >= 11 is 1.61. The second kappa shape index (κ2) is 6.58. The van der Waals surface area contributed by atoms with Crippen molar-refractivity contribution in [3.05, 3.63) is 45.7 Å². The molecule has 1 N–H and O–H groups in total. The fourth-order valence-corrected chi connectivity index (χ4v) is 2.85. The van der Waals surface area contributed by atoms with E-state index in [9.17, 15) is 4.79 Å². The van der Waals surface area contributed by atoms with E-state index in [2.05, 4.69) is 9.97 Å². The number of aryl methyl sites for hydroxylation is 2. The Kier molecular flexibility index (Phi) is 4.81. The first kappa shape index (κ1) is 14.6. The van der Waals surface area contributed by atoms with Crippen LogP contribution in [0.15, 0.2) is 24.4 Å². The summed E-state index contributed by atoms with van der Waals surface area (Å²) in [5.74, 6) is -0.842. The van der Waals surface area contributed by atoms with E-state index >= 15 is 0 Å². The van der Waals surface area contributed by atoms with Gasteiger partial charge in [-0.1, -0.05) is 6.07 Å². The standard InChI is InChI=1S/C14H17N3O2S/c1-10-11(2)20-13(16-10)8-17(9-14(18)19)7-12-5-3-4-6-15-12/h3-6H,7-9H2,1-2H3,(H,18,19). The summed E-state index contributed by atoms with van der Waals surface area (Å²) < 4.78 is 0. The number of carboxylic acids is 1. The van der Waals surface area contributed by atoms with E-state index < -0.39 is 5.97 Å². The number of hydrogen-bond donors (Lipinski definition) is 1. The van der Waals surface area contributed by atoms with Gasteiger partial charge in [0.15, 0.2) is 0 Å². The van der Waals surface area contributed by atoms with Gasteiger partial charge in [0, 0.05) is 17.6 Å². The van der Waals surface area contributed by atoms with Gasteiger partial charge in [0.25, 0.3) is 0 Å². The van der Waals surface area contributed by atoms with Gasteiger partial charge in [0.05, 0.1) is 24.5 Å². The van der Waals surface area contributed by atoms with Crippen LogP contribution in [0, 0.1) is 13.8 Å². The van der Waals surface area contributed by atoms with Crippen LogP contribution in [0.2, 0.25) is 0 Å². The normalized spacial score (nSPS) is 10.9. The zero-order chi connectivity index (χ0) is 14.5. The highest BCUT2D eigenvalue weighted by Crippen LogP contribution is 2.18. The van der Waals surface area contributed by atoms with Crippen molar-refractivity contribution in [1.82, 2.24) is 14.9 Å². The van der Waals surface area contributed by atoms with E-state index in [1.807, 2.05) is 36.9 Å². The minimum Gasteiger partial charge on any atom is -0.480 e. The third-order valence-electron chi connectivity index (χ3n) is 2.90. The summed E-state index contributed by atoms with van der Waals surface area (Å²) in [4.78, 5) is 22.7. The van der Waals surface area contributed by atoms with Crippen molar-refractivity contribution in [1.29, 1.82) is 0 Å². The fourth-order valence-electron chi connectivity index (χ4n) is 1.88. The molecule has 20 heavy (non-hydrogen) atoms. The van der Waals surface area contributed by atoms with Crippen LogP contribution < -0.4 is 0 Å². The second-order valence-electron chi connectivity index (χ2n) is 4.61. The number of aromatic nitrogens is 2. The molecule has 2 rings (SSSR count). The molecule has 2 aromatic rings. The first-order valence-corrected chi connectivity index (χ1v) is 7.13. The summed E-state index contributed by atoms with van der Waals surface area (Å²) in [5, 5.41) is 9.96. The Morgan fingerprint density at radius 1 is 1.35 bits per heavy atom. The van der Waals surface area contributed by atoms with Gasteiger partial charge in [-0.15, -0.1) is 11.3 Å². The lowest BCUT2D eigenvalue weighted by Gasteiger charge is -2.18. The van der Waals surface area contributed by atoms with Gasteiger partial charge in [0.1, 0.15) is 5.01 Å². The zero-order valence-electron chi connectivity index (χ0n) is 11.5. The van der Waals surface area contributed by atoms with Crippen molar-refractivity contribution < 1.29 is 9.90 Å². The summed E-state index contributed by atoms with van der Waals surface area (Å²) in [6.45, 7) is 5.01. The first-order chi connectivity index (χ1) is 9.54. The van der Waals surface area contributed by atoms with E-state index in [4.69, 9.17) is 5.11 Å². The lowest BCUT2D eigenvalue weighted by molar-refractivity contribution is -0.138. The number of nitrogens with zero attached hydrogens (tertiary/aromatic N) is 3. The van der Waals surface area contributed by atoms with Crippen LogP contribution in [0.4, 0.5) is 0 Å². The highest BCUT2D eigenvalue weighted by atomic mass is 32.1. The summed E-state index contributed by atoms with van der Waals surface area (Å²) in [6, 6.07) is 5.64. The molecule has 0 fully saturated rings. The molecule has 0 spiro atoms. The molecule has 0 unspecified atom stereocenters. The number of rotatable bonds is 6. The van der Waals surface area contributed by atoms with Crippen molar-refractivity contribution in [2.24, 2.45) is 0 Å². The van der Waals surface area contributed by atoms with E-state index in [0.29, 0.717) is 13.1 Å². The molecule has 0 aliphatic heterocycles. The van der Waals surface area contributed by atoms with Gasteiger partial charge in [-0.3, -0.25) is 14.7 Å². The average Bonchev–Trinajstić information content (AvgIpc) is 2.68. The Balaban J connectivity index is 2.09. The fraction of sp³-hybridized carbons (Fsp3) is 0.357. The summed E-state index contributed by atoms with van der Waals surface area (Å²) in [7, 11) is 0. The molecule has 0 bridgehead atoms. The predicted octanol–water partition coefficient (Wildman–Crippen LogP) is 2.24. The van der Waals surface area contributed by atoms with Crippen molar-refractivity contribution in [2.75, 3.05) is 6.54 Å². The number of aliphatic carboxylic acids is 1. The lowest BCUT2D eigenvalue weighted by Crippen LogP contribution is -2.29. The monoisotopic (exact) mass is 291 g/mol. The molecule has 2 aromatic heterocycles. The number of hydrogen-bond acceptors (Lipinski definition) is 5. The Morgan fingerprint density at radius 3 is 2.70 bits per heavy atom. The largest absolute Gasteiger partial charge is 0.480 e. The minimum atomic E-state index is -0.842. The molecule has 0 atom stereocenters. The number of pyridine rings is 1. The number of thiazole rings is 1. The van der Waals surface area contributed by atoms with Gasteiger partial charge in [-0.2, -0.15) is 0 Å². The molecule has 0 amide bonds. The number of carboxylic acid groups (broad SMARTS) is 1. The van der Waals surface area contributed by atoms with Crippen LogP contribution in [0.25, 0.3) is 0 Å². The van der Waals surface area contributed by atoms with Crippen LogP contribution in [-0.4, -0.2) is 32.5 Å². The maximum Gasteiger partial charge on any atom is 0.317 e. The van der Waals surface area contributed by atoms with Crippen molar-refractivity contribution in [3.8, 4) is 0 Å². The molecule has 2 heterocycles. The van der Waals surface area contributed by atoms with Crippen LogP contribution in [0.3, 0.4) is 0 Å². The van der Waals surface area contributed by atoms with E-state index in [1.54, 1.807) is 17.5 Å². The van der Waals surface area contributed by atoms with Crippen LogP contribution >= 0.6 is 11.3 Å². The first-order valence-electron chi connectivity index (χ1n) is 6.31. The maximum absolute atomic E-state index is 11.0. The van der Waals surface area contributed by atoms with Gasteiger partial charge in [-0.05, 0) is 26.0 Å². The highest BCUT2D eigenvalue weighted by Gasteiger charge is 2.14. The number of carbonyl (C=O) groups is 1. The van der Waals surface area contributed by atoms with Gasteiger partial charge in [-0.25, -0.2) is 4.98 Å². The minimum absolute atomic E-state index is 0.0196.